The van der Waals surface area contributed by atoms with Crippen LogP contribution in [0.15, 0.2) is 12.1 Å². The van der Waals surface area contributed by atoms with Crippen LogP contribution in [-0.4, -0.2) is 56.5 Å². The van der Waals surface area contributed by atoms with Gasteiger partial charge in [0.15, 0.2) is 0 Å². The van der Waals surface area contributed by atoms with E-state index in [0.717, 1.165) is 32.5 Å². The summed E-state index contributed by atoms with van der Waals surface area (Å²) in [7, 11) is 5.69. The molecule has 1 aromatic carbocycles. The molecule has 1 amide bonds. The van der Waals surface area contributed by atoms with Gasteiger partial charge in [0.1, 0.15) is 5.75 Å². The lowest BCUT2D eigenvalue weighted by atomic mass is 9.96. The summed E-state index contributed by atoms with van der Waals surface area (Å²) in [4.78, 5) is 16.8. The van der Waals surface area contributed by atoms with Crippen molar-refractivity contribution in [3.63, 3.8) is 0 Å². The average molecular weight is 399 g/mol. The zero-order chi connectivity index (χ0) is 16.3. The van der Waals surface area contributed by atoms with Crippen molar-refractivity contribution in [1.29, 1.82) is 0 Å². The number of piperidine rings is 1. The molecular formula is C16H26Cl3N3O2. The van der Waals surface area contributed by atoms with E-state index in [0.29, 0.717) is 27.9 Å². The number of hydrogen-bond acceptors (Lipinski definition) is 4. The maximum atomic E-state index is 12.7. The third-order valence-electron chi connectivity index (χ3n) is 4.07. The monoisotopic (exact) mass is 397 g/mol. The molecule has 24 heavy (non-hydrogen) atoms. The van der Waals surface area contributed by atoms with Crippen LogP contribution in [0.25, 0.3) is 0 Å². The molecule has 0 radical (unpaired) electrons. The van der Waals surface area contributed by atoms with Gasteiger partial charge in [0.05, 0.1) is 23.4 Å². The fourth-order valence-electron chi connectivity index (χ4n) is 2.91. The van der Waals surface area contributed by atoms with E-state index in [1.807, 2.05) is 4.90 Å². The number of carbonyl (C=O) groups excluding carboxylic acids is 1. The SMILES string of the molecule is COc1cc(N)c(Cl)cc1C(=O)N1CCC(CN(C)C)CC1.Cl.Cl. The summed E-state index contributed by atoms with van der Waals surface area (Å²) in [5, 5.41) is 0.381. The highest BCUT2D eigenvalue weighted by Gasteiger charge is 2.26. The quantitative estimate of drug-likeness (QED) is 0.791. The molecule has 0 atom stereocenters. The Bertz CT molecular complexity index is 548. The van der Waals surface area contributed by atoms with Crippen molar-refractivity contribution >= 4 is 48.0 Å². The largest absolute Gasteiger partial charge is 0.496 e. The number of nitrogens with two attached hydrogens (primary N) is 1. The fraction of sp³-hybridized carbons (Fsp3) is 0.562. The minimum absolute atomic E-state index is 0. The van der Waals surface area contributed by atoms with E-state index in [-0.39, 0.29) is 30.7 Å². The third-order valence-corrected chi connectivity index (χ3v) is 4.40. The number of hydrogen-bond donors (Lipinski definition) is 1. The van der Waals surface area contributed by atoms with E-state index in [1.54, 1.807) is 12.1 Å². The number of nitrogens with zero attached hydrogens (tertiary/aromatic N) is 2. The summed E-state index contributed by atoms with van der Waals surface area (Å²) in [5.74, 6) is 1.08. The van der Waals surface area contributed by atoms with Crippen LogP contribution >= 0.6 is 36.4 Å². The van der Waals surface area contributed by atoms with Gasteiger partial charge in [-0.15, -0.1) is 24.8 Å². The first-order valence-electron chi connectivity index (χ1n) is 7.49. The number of methoxy groups -OCH3 is 1. The van der Waals surface area contributed by atoms with Crippen molar-refractivity contribution in [3.05, 3.63) is 22.7 Å². The molecule has 2 rings (SSSR count). The van der Waals surface area contributed by atoms with Crippen LogP contribution in [0.4, 0.5) is 5.69 Å². The number of carbonyl (C=O) groups is 1. The summed E-state index contributed by atoms with van der Waals surface area (Å²) >= 11 is 6.05. The Labute approximate surface area is 161 Å². The topological polar surface area (TPSA) is 58.8 Å². The van der Waals surface area contributed by atoms with Crippen molar-refractivity contribution < 1.29 is 9.53 Å². The second-order valence-corrected chi connectivity index (χ2v) is 6.48. The minimum atomic E-state index is -0.0398. The van der Waals surface area contributed by atoms with Crippen LogP contribution in [0.2, 0.25) is 5.02 Å². The number of halogens is 3. The number of nitrogen functional groups attached to an aromatic ring is 1. The Morgan fingerprint density at radius 3 is 2.42 bits per heavy atom. The Balaban J connectivity index is 0.00000264. The highest BCUT2D eigenvalue weighted by Crippen LogP contribution is 2.30. The summed E-state index contributed by atoms with van der Waals surface area (Å²) in [6.45, 7) is 2.60. The summed E-state index contributed by atoms with van der Waals surface area (Å²) in [6, 6.07) is 3.21. The van der Waals surface area contributed by atoms with E-state index in [4.69, 9.17) is 22.1 Å². The molecule has 0 aromatic heterocycles. The van der Waals surface area contributed by atoms with E-state index < -0.39 is 0 Å². The Kier molecular flexibility index (Phi) is 9.81. The van der Waals surface area contributed by atoms with Gasteiger partial charge in [-0.2, -0.15) is 0 Å². The molecule has 2 N–H and O–H groups in total. The average Bonchev–Trinajstić information content (AvgIpc) is 2.49. The molecule has 0 bridgehead atoms. The van der Waals surface area contributed by atoms with Crippen LogP contribution in [0.1, 0.15) is 23.2 Å². The predicted molar refractivity (Wildman–Crippen MR) is 104 cm³/mol. The van der Waals surface area contributed by atoms with Crippen molar-refractivity contribution in [2.75, 3.05) is 46.6 Å². The summed E-state index contributed by atoms with van der Waals surface area (Å²) in [6.07, 6.45) is 2.05. The van der Waals surface area contributed by atoms with Crippen molar-refractivity contribution in [2.45, 2.75) is 12.8 Å². The van der Waals surface area contributed by atoms with Gasteiger partial charge in [-0.25, -0.2) is 0 Å². The molecule has 1 aliphatic heterocycles. The fourth-order valence-corrected chi connectivity index (χ4v) is 3.07. The Morgan fingerprint density at radius 2 is 1.92 bits per heavy atom. The van der Waals surface area contributed by atoms with E-state index in [1.165, 1.54) is 7.11 Å². The number of benzene rings is 1. The molecule has 0 aliphatic carbocycles. The predicted octanol–water partition coefficient (Wildman–Crippen LogP) is 3.19. The number of ether oxygens (including phenoxy) is 1. The number of anilines is 1. The Morgan fingerprint density at radius 1 is 1.33 bits per heavy atom. The number of rotatable bonds is 4. The van der Waals surface area contributed by atoms with Crippen LogP contribution in [0.3, 0.4) is 0 Å². The highest BCUT2D eigenvalue weighted by molar-refractivity contribution is 6.33. The smallest absolute Gasteiger partial charge is 0.257 e. The zero-order valence-corrected chi connectivity index (χ0v) is 16.6. The molecule has 138 valence electrons. The van der Waals surface area contributed by atoms with Crippen LogP contribution < -0.4 is 10.5 Å². The van der Waals surface area contributed by atoms with Crippen molar-refractivity contribution in [3.8, 4) is 5.75 Å². The van der Waals surface area contributed by atoms with Gasteiger partial charge >= 0.3 is 0 Å². The van der Waals surface area contributed by atoms with Gasteiger partial charge < -0.3 is 20.3 Å². The molecule has 8 heteroatoms. The van der Waals surface area contributed by atoms with Gasteiger partial charge in [-0.3, -0.25) is 4.79 Å². The van der Waals surface area contributed by atoms with E-state index in [2.05, 4.69) is 19.0 Å². The summed E-state index contributed by atoms with van der Waals surface area (Å²) < 4.78 is 5.27. The lowest BCUT2D eigenvalue weighted by molar-refractivity contribution is 0.0675. The third kappa shape index (κ3) is 5.59. The first-order valence-corrected chi connectivity index (χ1v) is 7.87. The molecule has 1 fully saturated rings. The van der Waals surface area contributed by atoms with Crippen molar-refractivity contribution in [1.82, 2.24) is 9.80 Å². The van der Waals surface area contributed by atoms with Crippen LogP contribution in [0.5, 0.6) is 5.75 Å². The van der Waals surface area contributed by atoms with Gasteiger partial charge in [-0.1, -0.05) is 11.6 Å². The normalized spacial score (nSPS) is 14.8. The zero-order valence-electron chi connectivity index (χ0n) is 14.3. The van der Waals surface area contributed by atoms with E-state index >= 15 is 0 Å². The lowest BCUT2D eigenvalue weighted by Crippen LogP contribution is -2.40. The standard InChI is InChI=1S/C16H24ClN3O2.2ClH/c1-19(2)10-11-4-6-20(7-5-11)16(21)12-8-13(17)14(18)9-15(12)22-3;;/h8-9,11H,4-7,10,18H2,1-3H3;2*1H. The molecule has 5 nitrogen and oxygen atoms in total. The first kappa shape index (κ1) is 23.1. The lowest BCUT2D eigenvalue weighted by Gasteiger charge is -2.33. The maximum Gasteiger partial charge on any atom is 0.257 e. The van der Waals surface area contributed by atoms with E-state index in [9.17, 15) is 4.79 Å². The molecule has 1 heterocycles. The van der Waals surface area contributed by atoms with Crippen molar-refractivity contribution in [2.24, 2.45) is 5.92 Å². The van der Waals surface area contributed by atoms with Crippen LogP contribution in [-0.2, 0) is 0 Å². The molecule has 0 unspecified atom stereocenters. The summed E-state index contributed by atoms with van der Waals surface area (Å²) in [5.41, 5.74) is 6.66. The van der Waals surface area contributed by atoms with Crippen LogP contribution in [0, 0.1) is 5.92 Å². The molecular weight excluding hydrogens is 373 g/mol. The molecule has 1 aliphatic rings. The number of amides is 1. The molecule has 0 spiro atoms. The molecule has 1 aromatic rings. The second kappa shape index (κ2) is 10.2. The van der Waals surface area contributed by atoms with Gasteiger partial charge in [-0.05, 0) is 38.9 Å². The first-order chi connectivity index (χ1) is 10.4. The Hall–Kier alpha value is -0.880. The highest BCUT2D eigenvalue weighted by atomic mass is 35.5. The second-order valence-electron chi connectivity index (χ2n) is 6.07. The minimum Gasteiger partial charge on any atom is -0.496 e. The number of likely N-dealkylation sites (tertiary alicyclic amines) is 1. The molecule has 1 saturated heterocycles. The maximum absolute atomic E-state index is 12.7. The molecule has 0 saturated carbocycles. The van der Waals surface area contributed by atoms with Gasteiger partial charge in [0.25, 0.3) is 5.91 Å². The van der Waals surface area contributed by atoms with Gasteiger partial charge in [0.2, 0.25) is 0 Å². The van der Waals surface area contributed by atoms with Gasteiger partial charge in [0, 0.05) is 25.7 Å².